The minimum atomic E-state index is -0.105. The highest BCUT2D eigenvalue weighted by Crippen LogP contribution is 2.36. The molecular weight excluding hydrogens is 380 g/mol. The van der Waals surface area contributed by atoms with E-state index in [1.54, 1.807) is 7.11 Å². The Labute approximate surface area is 179 Å². The Bertz CT molecular complexity index is 791. The summed E-state index contributed by atoms with van der Waals surface area (Å²) in [6.07, 6.45) is 9.66. The number of fused-ring (bicyclic) bond motifs is 1. The number of carbonyl (C=O) groups is 2. The van der Waals surface area contributed by atoms with Gasteiger partial charge in [0.15, 0.2) is 5.82 Å². The molecular formula is C23H34N4O3. The van der Waals surface area contributed by atoms with Crippen LogP contribution >= 0.6 is 0 Å². The number of hydrogen-bond acceptors (Lipinski definition) is 5. The minimum absolute atomic E-state index is 0.0912. The van der Waals surface area contributed by atoms with Crippen LogP contribution in [0, 0.1) is 12.8 Å². The number of nitrogens with zero attached hydrogens (tertiary/aromatic N) is 4. The molecule has 0 N–H and O–H groups in total. The summed E-state index contributed by atoms with van der Waals surface area (Å²) in [5.74, 6) is 2.32. The summed E-state index contributed by atoms with van der Waals surface area (Å²) >= 11 is 0. The van der Waals surface area contributed by atoms with Gasteiger partial charge in [-0.15, -0.1) is 0 Å². The van der Waals surface area contributed by atoms with Gasteiger partial charge in [-0.2, -0.15) is 0 Å². The van der Waals surface area contributed by atoms with Crippen LogP contribution in [0.2, 0.25) is 0 Å². The van der Waals surface area contributed by atoms with Gasteiger partial charge >= 0.3 is 0 Å². The standard InChI is InChI=1S/C23H34N4O3/c1-16-18-10-11-20(28)27(15-17-7-4-3-5-8-17)23(18)25-22(24-16)19-9-6-13-26(19)21(29)12-14-30-2/h17,19H,3-15H2,1-2H3/t19-/m1/s1. The van der Waals surface area contributed by atoms with Gasteiger partial charge in [-0.05, 0) is 44.9 Å². The fourth-order valence-corrected chi connectivity index (χ4v) is 5.23. The van der Waals surface area contributed by atoms with Crippen molar-refractivity contribution in [1.82, 2.24) is 14.9 Å². The van der Waals surface area contributed by atoms with Crippen molar-refractivity contribution in [3.8, 4) is 0 Å². The zero-order valence-corrected chi connectivity index (χ0v) is 18.4. The molecule has 2 aliphatic heterocycles. The molecule has 1 aromatic heterocycles. The van der Waals surface area contributed by atoms with E-state index >= 15 is 0 Å². The van der Waals surface area contributed by atoms with Crippen molar-refractivity contribution in [1.29, 1.82) is 0 Å². The van der Waals surface area contributed by atoms with Crippen LogP contribution in [-0.4, -0.2) is 53.5 Å². The number of aryl methyl sites for hydroxylation is 1. The van der Waals surface area contributed by atoms with Crippen LogP contribution in [0.5, 0.6) is 0 Å². The summed E-state index contributed by atoms with van der Waals surface area (Å²) in [4.78, 5) is 39.1. The second-order valence-electron chi connectivity index (χ2n) is 8.97. The second kappa shape index (κ2) is 9.41. The Morgan fingerprint density at radius 3 is 2.67 bits per heavy atom. The molecule has 1 saturated carbocycles. The fraction of sp³-hybridized carbons (Fsp3) is 0.739. The molecule has 3 aliphatic rings. The van der Waals surface area contributed by atoms with Crippen LogP contribution in [0.3, 0.4) is 0 Å². The highest BCUT2D eigenvalue weighted by atomic mass is 16.5. The normalized spacial score (nSPS) is 22.5. The summed E-state index contributed by atoms with van der Waals surface area (Å²) < 4.78 is 5.08. The lowest BCUT2D eigenvalue weighted by atomic mass is 9.88. The Kier molecular flexibility index (Phi) is 6.66. The van der Waals surface area contributed by atoms with Crippen molar-refractivity contribution in [2.75, 3.05) is 31.7 Å². The predicted molar refractivity (Wildman–Crippen MR) is 114 cm³/mol. The van der Waals surface area contributed by atoms with Gasteiger partial charge in [0, 0.05) is 37.9 Å². The van der Waals surface area contributed by atoms with Gasteiger partial charge in [0.2, 0.25) is 11.8 Å². The average Bonchev–Trinajstić information content (AvgIpc) is 3.25. The molecule has 2 amide bonds. The van der Waals surface area contributed by atoms with E-state index in [1.807, 2.05) is 16.7 Å². The number of rotatable bonds is 6. The molecule has 164 valence electrons. The molecule has 4 rings (SSSR count). The summed E-state index contributed by atoms with van der Waals surface area (Å²) in [7, 11) is 1.61. The van der Waals surface area contributed by atoms with Gasteiger partial charge in [0.25, 0.3) is 0 Å². The first kappa shape index (κ1) is 21.2. The zero-order valence-electron chi connectivity index (χ0n) is 18.4. The molecule has 1 atom stereocenters. The number of likely N-dealkylation sites (tertiary alicyclic amines) is 1. The molecule has 7 nitrogen and oxygen atoms in total. The molecule has 2 fully saturated rings. The zero-order chi connectivity index (χ0) is 21.1. The third kappa shape index (κ3) is 4.36. The van der Waals surface area contributed by atoms with Crippen LogP contribution in [0.1, 0.15) is 80.9 Å². The SMILES string of the molecule is COCCC(=O)N1CCC[C@@H]1c1nc(C)c2c(n1)N(CC1CCCCC1)C(=O)CC2. The van der Waals surface area contributed by atoms with Gasteiger partial charge in [-0.25, -0.2) is 9.97 Å². The molecule has 1 aromatic rings. The highest BCUT2D eigenvalue weighted by molar-refractivity contribution is 5.95. The Hall–Kier alpha value is -2.02. The smallest absolute Gasteiger partial charge is 0.228 e. The van der Waals surface area contributed by atoms with Crippen molar-refractivity contribution in [2.45, 2.75) is 77.2 Å². The van der Waals surface area contributed by atoms with Crippen molar-refractivity contribution in [2.24, 2.45) is 5.92 Å². The maximum absolute atomic E-state index is 12.9. The first-order valence-corrected chi connectivity index (χ1v) is 11.5. The Morgan fingerprint density at radius 1 is 1.10 bits per heavy atom. The van der Waals surface area contributed by atoms with Crippen LogP contribution < -0.4 is 4.90 Å². The maximum atomic E-state index is 12.9. The summed E-state index contributed by atoms with van der Waals surface area (Å²) in [6.45, 7) is 3.95. The fourth-order valence-electron chi connectivity index (χ4n) is 5.23. The van der Waals surface area contributed by atoms with Gasteiger partial charge < -0.3 is 9.64 Å². The van der Waals surface area contributed by atoms with Crippen LogP contribution in [-0.2, 0) is 20.7 Å². The Morgan fingerprint density at radius 2 is 1.90 bits per heavy atom. The number of hydrogen-bond donors (Lipinski definition) is 0. The molecule has 0 bridgehead atoms. The van der Waals surface area contributed by atoms with Gasteiger partial charge in [0.05, 0.1) is 19.1 Å². The third-order valence-electron chi connectivity index (χ3n) is 6.91. The first-order chi connectivity index (χ1) is 14.6. The van der Waals surface area contributed by atoms with Gasteiger partial charge in [0.1, 0.15) is 5.82 Å². The molecule has 0 radical (unpaired) electrons. The van der Waals surface area contributed by atoms with Gasteiger partial charge in [-0.3, -0.25) is 14.5 Å². The summed E-state index contributed by atoms with van der Waals surface area (Å²) in [5.41, 5.74) is 2.05. The van der Waals surface area contributed by atoms with E-state index in [1.165, 1.54) is 32.1 Å². The topological polar surface area (TPSA) is 75.6 Å². The number of amides is 2. The number of carbonyl (C=O) groups excluding carboxylic acids is 2. The number of ether oxygens (including phenoxy) is 1. The van der Waals surface area contributed by atoms with E-state index < -0.39 is 0 Å². The van der Waals surface area contributed by atoms with Crippen molar-refractivity contribution < 1.29 is 14.3 Å². The van der Waals surface area contributed by atoms with Crippen molar-refractivity contribution in [3.63, 3.8) is 0 Å². The van der Waals surface area contributed by atoms with E-state index in [9.17, 15) is 9.59 Å². The lowest BCUT2D eigenvalue weighted by Gasteiger charge is -2.34. The van der Waals surface area contributed by atoms with Crippen molar-refractivity contribution in [3.05, 3.63) is 17.1 Å². The van der Waals surface area contributed by atoms with Crippen LogP contribution in [0.25, 0.3) is 0 Å². The molecule has 7 heteroatoms. The molecule has 0 aromatic carbocycles. The maximum Gasteiger partial charge on any atom is 0.228 e. The monoisotopic (exact) mass is 414 g/mol. The molecule has 0 unspecified atom stereocenters. The second-order valence-corrected chi connectivity index (χ2v) is 8.97. The van der Waals surface area contributed by atoms with E-state index in [0.717, 1.165) is 43.0 Å². The quantitative estimate of drug-likeness (QED) is 0.714. The summed E-state index contributed by atoms with van der Waals surface area (Å²) in [5, 5.41) is 0. The van der Waals surface area contributed by atoms with Crippen molar-refractivity contribution >= 4 is 17.6 Å². The number of anilines is 1. The number of aromatic nitrogens is 2. The van der Waals surface area contributed by atoms with Gasteiger partial charge in [-0.1, -0.05) is 19.3 Å². The lowest BCUT2D eigenvalue weighted by Crippen LogP contribution is -2.41. The van der Waals surface area contributed by atoms with Crippen LogP contribution in [0.15, 0.2) is 0 Å². The molecule has 1 aliphatic carbocycles. The molecule has 3 heterocycles. The summed E-state index contributed by atoms with van der Waals surface area (Å²) in [6, 6.07) is -0.105. The largest absolute Gasteiger partial charge is 0.384 e. The Balaban J connectivity index is 1.61. The van der Waals surface area contributed by atoms with E-state index in [0.29, 0.717) is 37.6 Å². The predicted octanol–water partition coefficient (Wildman–Crippen LogP) is 3.34. The minimum Gasteiger partial charge on any atom is -0.384 e. The lowest BCUT2D eigenvalue weighted by molar-refractivity contribution is -0.133. The van der Waals surface area contributed by atoms with E-state index in [4.69, 9.17) is 14.7 Å². The third-order valence-corrected chi connectivity index (χ3v) is 6.91. The van der Waals surface area contributed by atoms with E-state index in [-0.39, 0.29) is 17.9 Å². The van der Waals surface area contributed by atoms with Crippen LogP contribution in [0.4, 0.5) is 5.82 Å². The average molecular weight is 415 g/mol. The van der Waals surface area contributed by atoms with E-state index in [2.05, 4.69) is 0 Å². The first-order valence-electron chi connectivity index (χ1n) is 11.5. The molecule has 0 spiro atoms. The molecule has 30 heavy (non-hydrogen) atoms. The molecule has 1 saturated heterocycles. The number of methoxy groups -OCH3 is 1. The highest BCUT2D eigenvalue weighted by Gasteiger charge is 2.35.